The summed E-state index contributed by atoms with van der Waals surface area (Å²) in [5, 5.41) is 30.6. The van der Waals surface area contributed by atoms with Crippen LogP contribution < -0.4 is 21.7 Å². The highest BCUT2D eigenvalue weighted by atomic mass is 16.8. The van der Waals surface area contributed by atoms with Crippen LogP contribution in [0.3, 0.4) is 0 Å². The summed E-state index contributed by atoms with van der Waals surface area (Å²) >= 11 is 0. The minimum atomic E-state index is -1.86. The number of aliphatic hydroxyl groups excluding tert-OH is 1. The monoisotopic (exact) mass is 374 g/mol. The molecule has 26 heavy (non-hydrogen) atoms. The lowest BCUT2D eigenvalue weighted by atomic mass is 9.82. The average molecular weight is 374 g/mol. The second-order valence-electron chi connectivity index (χ2n) is 7.29. The van der Waals surface area contributed by atoms with E-state index in [-0.39, 0.29) is 18.1 Å². The molecule has 0 aromatic carbocycles. The molecule has 0 aromatic heterocycles. The van der Waals surface area contributed by atoms with Gasteiger partial charge in [-0.2, -0.15) is 0 Å². The first-order valence-corrected chi connectivity index (χ1v) is 9.07. The zero-order valence-corrected chi connectivity index (χ0v) is 15.3. The van der Waals surface area contributed by atoms with E-state index >= 15 is 0 Å². The van der Waals surface area contributed by atoms with Crippen LogP contribution in [0.5, 0.6) is 0 Å². The topological polar surface area (TPSA) is 147 Å². The van der Waals surface area contributed by atoms with E-state index in [1.165, 1.54) is 0 Å². The van der Waals surface area contributed by atoms with Gasteiger partial charge in [-0.05, 0) is 33.9 Å². The standard InChI is InChI=1S/C16H30N4O6/c1-7(17)14(22)20-10-4-5-24-15-16(10,23)26-13-9(25-15)6-8(18-2)12(21)11(13)19-3/h7-13,15,18-19,21,23H,4-6,17H2,1-3H3,(H,20,22)/t7?,8?,9?,10?,11?,12?,13?,15?,16-/m0/s1. The number of nitrogens with two attached hydrogens (primary N) is 1. The molecule has 150 valence electrons. The number of hydrogen-bond acceptors (Lipinski definition) is 9. The molecule has 1 saturated carbocycles. The van der Waals surface area contributed by atoms with Crippen molar-refractivity contribution in [1.82, 2.24) is 16.0 Å². The molecule has 7 N–H and O–H groups in total. The quantitative estimate of drug-likeness (QED) is 0.302. The number of amides is 1. The molecule has 2 aliphatic heterocycles. The van der Waals surface area contributed by atoms with Crippen molar-refractivity contribution in [2.24, 2.45) is 5.73 Å². The Morgan fingerprint density at radius 3 is 2.69 bits per heavy atom. The lowest BCUT2D eigenvalue weighted by Gasteiger charge is -2.56. The Morgan fingerprint density at radius 2 is 2.08 bits per heavy atom. The van der Waals surface area contributed by atoms with E-state index in [0.29, 0.717) is 19.4 Å². The second kappa shape index (κ2) is 7.64. The number of carbonyl (C=O) groups is 1. The van der Waals surface area contributed by atoms with Crippen LogP contribution in [-0.4, -0.2) is 91.4 Å². The van der Waals surface area contributed by atoms with E-state index in [0.717, 1.165) is 0 Å². The van der Waals surface area contributed by atoms with Gasteiger partial charge in [-0.15, -0.1) is 0 Å². The van der Waals surface area contributed by atoms with E-state index in [4.69, 9.17) is 19.9 Å². The number of rotatable bonds is 4. The maximum atomic E-state index is 12.0. The van der Waals surface area contributed by atoms with Crippen LogP contribution in [0.4, 0.5) is 0 Å². The summed E-state index contributed by atoms with van der Waals surface area (Å²) in [6.07, 6.45) is -1.86. The Balaban J connectivity index is 1.83. The van der Waals surface area contributed by atoms with Crippen molar-refractivity contribution < 1.29 is 29.2 Å². The smallest absolute Gasteiger partial charge is 0.239 e. The molecule has 10 nitrogen and oxygen atoms in total. The molecule has 3 rings (SSSR count). The first-order chi connectivity index (χ1) is 12.3. The van der Waals surface area contributed by atoms with E-state index in [1.807, 2.05) is 0 Å². The Labute approximate surface area is 152 Å². The maximum absolute atomic E-state index is 12.0. The van der Waals surface area contributed by atoms with E-state index in [1.54, 1.807) is 21.0 Å². The molecule has 0 aromatic rings. The van der Waals surface area contributed by atoms with Crippen LogP contribution in [0, 0.1) is 0 Å². The fourth-order valence-corrected chi connectivity index (χ4v) is 4.02. The molecule has 0 spiro atoms. The third-order valence-electron chi connectivity index (χ3n) is 5.56. The van der Waals surface area contributed by atoms with Gasteiger partial charge in [0.2, 0.25) is 18.0 Å². The summed E-state index contributed by atoms with van der Waals surface area (Å²) in [5.41, 5.74) is 5.62. The van der Waals surface area contributed by atoms with Gasteiger partial charge in [0.25, 0.3) is 0 Å². The van der Waals surface area contributed by atoms with Crippen LogP contribution in [0.15, 0.2) is 0 Å². The van der Waals surface area contributed by atoms with Gasteiger partial charge in [-0.3, -0.25) is 4.79 Å². The van der Waals surface area contributed by atoms with Gasteiger partial charge in [0.05, 0.1) is 36.9 Å². The van der Waals surface area contributed by atoms with Crippen LogP contribution in [0.1, 0.15) is 19.8 Å². The number of nitrogens with one attached hydrogen (secondary N) is 3. The molecule has 10 heteroatoms. The summed E-state index contributed by atoms with van der Waals surface area (Å²) < 4.78 is 17.6. The third kappa shape index (κ3) is 3.36. The molecule has 2 heterocycles. The molecule has 1 aliphatic carbocycles. The maximum Gasteiger partial charge on any atom is 0.239 e. The predicted molar refractivity (Wildman–Crippen MR) is 91.0 cm³/mol. The van der Waals surface area contributed by atoms with Gasteiger partial charge in [0.15, 0.2) is 0 Å². The first kappa shape index (κ1) is 19.9. The lowest BCUT2D eigenvalue weighted by Crippen LogP contribution is -2.76. The second-order valence-corrected chi connectivity index (χ2v) is 7.29. The van der Waals surface area contributed by atoms with Crippen LogP contribution >= 0.6 is 0 Å². The number of fused-ring (bicyclic) bond motifs is 2. The van der Waals surface area contributed by atoms with Gasteiger partial charge in [0.1, 0.15) is 6.10 Å². The number of aliphatic hydroxyl groups is 2. The van der Waals surface area contributed by atoms with E-state index in [2.05, 4.69) is 16.0 Å². The first-order valence-electron chi connectivity index (χ1n) is 9.07. The zero-order valence-electron chi connectivity index (χ0n) is 15.3. The van der Waals surface area contributed by atoms with Crippen molar-refractivity contribution in [2.75, 3.05) is 20.7 Å². The fourth-order valence-electron chi connectivity index (χ4n) is 4.02. The van der Waals surface area contributed by atoms with Gasteiger partial charge in [-0.25, -0.2) is 0 Å². The Bertz CT molecular complexity index is 523. The molecule has 3 aliphatic rings. The van der Waals surface area contributed by atoms with Crippen molar-refractivity contribution in [2.45, 2.75) is 74.3 Å². The number of ether oxygens (including phenoxy) is 3. The lowest BCUT2D eigenvalue weighted by molar-refractivity contribution is -0.434. The number of hydrogen-bond donors (Lipinski definition) is 6. The van der Waals surface area contributed by atoms with Crippen molar-refractivity contribution in [3.63, 3.8) is 0 Å². The molecule has 8 unspecified atom stereocenters. The molecule has 1 amide bonds. The number of carbonyl (C=O) groups excluding carboxylic acids is 1. The zero-order chi connectivity index (χ0) is 19.1. The molecule has 3 fully saturated rings. The highest BCUT2D eigenvalue weighted by molar-refractivity contribution is 5.81. The van der Waals surface area contributed by atoms with E-state index < -0.39 is 42.4 Å². The minimum Gasteiger partial charge on any atom is -0.390 e. The van der Waals surface area contributed by atoms with Gasteiger partial charge < -0.3 is 46.1 Å². The Kier molecular flexibility index (Phi) is 5.85. The van der Waals surface area contributed by atoms with Gasteiger partial charge in [-0.1, -0.05) is 0 Å². The molecule has 2 saturated heterocycles. The summed E-state index contributed by atoms with van der Waals surface area (Å²) in [4.78, 5) is 12.0. The summed E-state index contributed by atoms with van der Waals surface area (Å²) in [7, 11) is 3.49. The molecular weight excluding hydrogens is 344 g/mol. The fraction of sp³-hybridized carbons (Fsp3) is 0.938. The number of likely N-dealkylation sites (N-methyl/N-ethyl adjacent to an activating group) is 2. The highest BCUT2D eigenvalue weighted by Gasteiger charge is 2.60. The van der Waals surface area contributed by atoms with Crippen LogP contribution in [0.25, 0.3) is 0 Å². The van der Waals surface area contributed by atoms with Crippen molar-refractivity contribution in [1.29, 1.82) is 0 Å². The van der Waals surface area contributed by atoms with Crippen LogP contribution in [0.2, 0.25) is 0 Å². The largest absolute Gasteiger partial charge is 0.390 e. The summed E-state index contributed by atoms with van der Waals surface area (Å²) in [5.74, 6) is -2.25. The Hall–Kier alpha value is -0.850. The minimum absolute atomic E-state index is 0.180. The third-order valence-corrected chi connectivity index (χ3v) is 5.56. The highest BCUT2D eigenvalue weighted by Crippen LogP contribution is 2.40. The molecule has 0 bridgehead atoms. The van der Waals surface area contributed by atoms with E-state index in [9.17, 15) is 15.0 Å². The summed E-state index contributed by atoms with van der Waals surface area (Å²) in [6, 6.07) is -2.07. The average Bonchev–Trinajstić information content (AvgIpc) is 2.60. The normalized spacial score (nSPS) is 46.8. The predicted octanol–water partition coefficient (Wildman–Crippen LogP) is -3.02. The molecule has 9 atom stereocenters. The summed E-state index contributed by atoms with van der Waals surface area (Å²) in [6.45, 7) is 1.88. The van der Waals surface area contributed by atoms with Crippen molar-refractivity contribution >= 4 is 5.91 Å². The molecular formula is C16H30N4O6. The van der Waals surface area contributed by atoms with Gasteiger partial charge in [0, 0.05) is 6.04 Å². The SMILES string of the molecule is CNC1CC2OC3OCCC(NC(=O)C(C)N)[C@]3(O)OC2C(NC)C1O. The molecule has 0 radical (unpaired) electrons. The Morgan fingerprint density at radius 1 is 1.35 bits per heavy atom. The van der Waals surface area contributed by atoms with Crippen molar-refractivity contribution in [3.8, 4) is 0 Å². The van der Waals surface area contributed by atoms with Gasteiger partial charge >= 0.3 is 0 Å². The van der Waals surface area contributed by atoms with Crippen LogP contribution in [-0.2, 0) is 19.0 Å². The van der Waals surface area contributed by atoms with Crippen molar-refractivity contribution in [3.05, 3.63) is 0 Å².